The molecule has 0 spiro atoms. The summed E-state index contributed by atoms with van der Waals surface area (Å²) in [6.45, 7) is 6.02. The Balaban J connectivity index is 0.00000312. The Labute approximate surface area is 162 Å². The predicted molar refractivity (Wildman–Crippen MR) is 103 cm³/mol. The van der Waals surface area contributed by atoms with Crippen molar-refractivity contribution in [3.8, 4) is 5.75 Å². The van der Waals surface area contributed by atoms with Crippen LogP contribution in [-0.4, -0.2) is 43.4 Å². The van der Waals surface area contributed by atoms with E-state index in [4.69, 9.17) is 5.73 Å². The maximum absolute atomic E-state index is 12.1. The van der Waals surface area contributed by atoms with Crippen LogP contribution < -0.4 is 15.8 Å². The van der Waals surface area contributed by atoms with Gasteiger partial charge in [-0.15, -0.1) is 37.1 Å². The molecule has 1 aliphatic rings. The van der Waals surface area contributed by atoms with E-state index in [1.54, 1.807) is 0 Å². The number of nitrogens with zero attached hydrogens (tertiary/aromatic N) is 2. The van der Waals surface area contributed by atoms with Crippen LogP contribution in [0.3, 0.4) is 0 Å². The summed E-state index contributed by atoms with van der Waals surface area (Å²) in [5.74, 6) is 0.363. The van der Waals surface area contributed by atoms with Gasteiger partial charge in [-0.05, 0) is 56.1 Å². The third kappa shape index (κ3) is 8.61. The summed E-state index contributed by atoms with van der Waals surface area (Å²) in [7, 11) is 0. The zero-order valence-corrected chi connectivity index (χ0v) is 16.4. The minimum Gasteiger partial charge on any atom is -0.406 e. The van der Waals surface area contributed by atoms with E-state index in [1.165, 1.54) is 37.1 Å². The average molecular weight is 472 g/mol. The number of guanidine groups is 1. The highest BCUT2D eigenvalue weighted by Crippen LogP contribution is 2.23. The zero-order chi connectivity index (χ0) is 17.6. The maximum Gasteiger partial charge on any atom is 0.573 e. The van der Waals surface area contributed by atoms with Gasteiger partial charge in [0.1, 0.15) is 5.75 Å². The molecular weight excluding hydrogens is 448 g/mol. The van der Waals surface area contributed by atoms with E-state index < -0.39 is 6.36 Å². The lowest BCUT2D eigenvalue weighted by atomic mass is 10.2. The number of anilines is 1. The molecule has 5 nitrogen and oxygen atoms in total. The average Bonchev–Trinajstić information content (AvgIpc) is 2.99. The van der Waals surface area contributed by atoms with Crippen molar-refractivity contribution in [1.29, 1.82) is 0 Å². The number of alkyl halides is 3. The van der Waals surface area contributed by atoms with Crippen LogP contribution in [0.5, 0.6) is 5.75 Å². The van der Waals surface area contributed by atoms with Crippen LogP contribution >= 0.6 is 24.0 Å². The lowest BCUT2D eigenvalue weighted by Gasteiger charge is -2.18. The van der Waals surface area contributed by atoms with Crippen LogP contribution in [0.2, 0.25) is 0 Å². The highest BCUT2D eigenvalue weighted by molar-refractivity contribution is 14.0. The minimum absolute atomic E-state index is 0. The molecule has 0 radical (unpaired) electrons. The number of nitrogens with two attached hydrogens (primary N) is 1. The van der Waals surface area contributed by atoms with Gasteiger partial charge in [0.25, 0.3) is 0 Å². The van der Waals surface area contributed by atoms with E-state index in [9.17, 15) is 13.2 Å². The summed E-state index contributed by atoms with van der Waals surface area (Å²) >= 11 is 0. The summed E-state index contributed by atoms with van der Waals surface area (Å²) in [6, 6.07) is 5.35. The number of aliphatic imine (C=N–C) groups is 1. The molecule has 25 heavy (non-hydrogen) atoms. The van der Waals surface area contributed by atoms with Gasteiger partial charge in [0, 0.05) is 18.8 Å². The number of benzene rings is 1. The van der Waals surface area contributed by atoms with Crippen molar-refractivity contribution < 1.29 is 17.9 Å². The SMILES string of the molecule is CC(CN=C(N)Nc1ccc(OC(F)(F)F)cc1)CN1CCCC1.I. The van der Waals surface area contributed by atoms with Gasteiger partial charge in [-0.3, -0.25) is 4.99 Å². The fraction of sp³-hybridized carbons (Fsp3) is 0.562. The smallest absolute Gasteiger partial charge is 0.406 e. The van der Waals surface area contributed by atoms with Crippen molar-refractivity contribution in [3.63, 3.8) is 0 Å². The van der Waals surface area contributed by atoms with Crippen molar-refractivity contribution in [2.75, 3.05) is 31.5 Å². The van der Waals surface area contributed by atoms with Crippen LogP contribution in [0.25, 0.3) is 0 Å². The van der Waals surface area contributed by atoms with Crippen molar-refractivity contribution in [2.24, 2.45) is 16.6 Å². The van der Waals surface area contributed by atoms with Gasteiger partial charge in [0.15, 0.2) is 5.96 Å². The van der Waals surface area contributed by atoms with Gasteiger partial charge >= 0.3 is 6.36 Å². The molecule has 1 saturated heterocycles. The summed E-state index contributed by atoms with van der Waals surface area (Å²) in [4.78, 5) is 6.71. The van der Waals surface area contributed by atoms with E-state index in [0.717, 1.165) is 19.6 Å². The molecule has 142 valence electrons. The van der Waals surface area contributed by atoms with Crippen molar-refractivity contribution in [2.45, 2.75) is 26.1 Å². The van der Waals surface area contributed by atoms with Crippen LogP contribution in [0.15, 0.2) is 29.3 Å². The first kappa shape index (κ1) is 21.8. The molecule has 9 heteroatoms. The Morgan fingerprint density at radius 3 is 2.44 bits per heavy atom. The number of hydrogen-bond donors (Lipinski definition) is 2. The van der Waals surface area contributed by atoms with Crippen molar-refractivity contribution in [3.05, 3.63) is 24.3 Å². The summed E-state index contributed by atoms with van der Waals surface area (Å²) in [5.41, 5.74) is 6.37. The molecule has 3 N–H and O–H groups in total. The minimum atomic E-state index is -4.69. The molecule has 1 atom stereocenters. The zero-order valence-electron chi connectivity index (χ0n) is 14.1. The standard InChI is InChI=1S/C16H23F3N4O.HI/c1-12(11-23-8-2-3-9-23)10-21-15(20)22-13-4-6-14(7-5-13)24-16(17,18)19;/h4-7,12H,2-3,8-11H2,1H3,(H3,20,21,22);1H. The Morgan fingerprint density at radius 2 is 1.88 bits per heavy atom. The lowest BCUT2D eigenvalue weighted by Crippen LogP contribution is -2.28. The summed E-state index contributed by atoms with van der Waals surface area (Å²) < 4.78 is 40.1. The van der Waals surface area contributed by atoms with Crippen LogP contribution in [0.4, 0.5) is 18.9 Å². The Kier molecular flexibility index (Phi) is 8.77. The molecule has 0 saturated carbocycles. The Hall–Kier alpha value is -1.23. The number of likely N-dealkylation sites (tertiary alicyclic amines) is 1. The van der Waals surface area contributed by atoms with Crippen molar-refractivity contribution in [1.82, 2.24) is 4.90 Å². The second kappa shape index (κ2) is 10.0. The first-order chi connectivity index (χ1) is 11.3. The number of rotatable bonds is 6. The fourth-order valence-electron chi connectivity index (χ4n) is 2.65. The topological polar surface area (TPSA) is 62.9 Å². The molecule has 1 aromatic rings. The molecule has 0 aliphatic carbocycles. The second-order valence-electron chi connectivity index (χ2n) is 6.04. The molecule has 0 aromatic heterocycles. The monoisotopic (exact) mass is 472 g/mol. The first-order valence-corrected chi connectivity index (χ1v) is 7.97. The normalized spacial score (nSPS) is 17.0. The van der Waals surface area contributed by atoms with Gasteiger partial charge in [0.2, 0.25) is 0 Å². The van der Waals surface area contributed by atoms with E-state index >= 15 is 0 Å². The number of halogens is 4. The maximum atomic E-state index is 12.1. The molecule has 0 bridgehead atoms. The van der Waals surface area contributed by atoms with Gasteiger partial charge in [-0.25, -0.2) is 0 Å². The highest BCUT2D eigenvalue weighted by atomic mass is 127. The molecule has 2 rings (SSSR count). The highest BCUT2D eigenvalue weighted by Gasteiger charge is 2.30. The summed E-state index contributed by atoms with van der Waals surface area (Å²) in [6.07, 6.45) is -2.18. The molecule has 0 amide bonds. The van der Waals surface area contributed by atoms with Crippen LogP contribution in [0, 0.1) is 5.92 Å². The van der Waals surface area contributed by atoms with Crippen LogP contribution in [0.1, 0.15) is 19.8 Å². The van der Waals surface area contributed by atoms with E-state index in [2.05, 4.69) is 26.9 Å². The van der Waals surface area contributed by atoms with E-state index in [1.807, 2.05) is 0 Å². The van der Waals surface area contributed by atoms with Gasteiger partial charge in [-0.2, -0.15) is 0 Å². The van der Waals surface area contributed by atoms with Gasteiger partial charge < -0.3 is 20.7 Å². The predicted octanol–water partition coefficient (Wildman–Crippen LogP) is 3.66. The fourth-order valence-corrected chi connectivity index (χ4v) is 2.65. The Morgan fingerprint density at radius 1 is 1.28 bits per heavy atom. The molecule has 1 aliphatic heterocycles. The largest absolute Gasteiger partial charge is 0.573 e. The number of nitrogens with one attached hydrogen (secondary N) is 1. The third-order valence-electron chi connectivity index (χ3n) is 3.70. The van der Waals surface area contributed by atoms with E-state index in [0.29, 0.717) is 18.2 Å². The van der Waals surface area contributed by atoms with Gasteiger partial charge in [-0.1, -0.05) is 6.92 Å². The summed E-state index contributed by atoms with van der Waals surface area (Å²) in [5, 5.41) is 2.86. The molecule has 1 fully saturated rings. The molecule has 1 unspecified atom stereocenters. The third-order valence-corrected chi connectivity index (χ3v) is 3.70. The molecule has 1 heterocycles. The number of hydrogen-bond acceptors (Lipinski definition) is 3. The lowest BCUT2D eigenvalue weighted by molar-refractivity contribution is -0.274. The number of ether oxygens (including phenoxy) is 1. The van der Waals surface area contributed by atoms with Gasteiger partial charge in [0.05, 0.1) is 0 Å². The second-order valence-corrected chi connectivity index (χ2v) is 6.04. The quantitative estimate of drug-likeness (QED) is 0.377. The van der Waals surface area contributed by atoms with E-state index in [-0.39, 0.29) is 35.7 Å². The Bertz CT molecular complexity index is 545. The molecular formula is C16H24F3IN4O. The van der Waals surface area contributed by atoms with Crippen LogP contribution in [-0.2, 0) is 0 Å². The van der Waals surface area contributed by atoms with Crippen molar-refractivity contribution >= 4 is 35.6 Å². The first-order valence-electron chi connectivity index (χ1n) is 7.97. The molecule has 1 aromatic carbocycles.